The summed E-state index contributed by atoms with van der Waals surface area (Å²) in [5, 5.41) is 18.5. The molecule has 0 aromatic rings. The molecule has 2 saturated heterocycles. The molecule has 2 atom stereocenters. The van der Waals surface area contributed by atoms with Crippen LogP contribution in [0, 0.1) is 0 Å². The van der Waals surface area contributed by atoms with Gasteiger partial charge in [0, 0.05) is 52.7 Å². The number of carbonyl (C=O) groups is 4. The normalized spacial score (nSPS) is 21.7. The molecule has 0 aromatic carbocycles. The molecule has 29 heavy (non-hydrogen) atoms. The fourth-order valence-electron chi connectivity index (χ4n) is 3.99. The number of rotatable bonds is 11. The number of ether oxygens (including phenoxy) is 1. The molecule has 2 aliphatic rings. The Labute approximate surface area is 170 Å². The fourth-order valence-corrected chi connectivity index (χ4v) is 3.99. The van der Waals surface area contributed by atoms with Gasteiger partial charge in [-0.25, -0.2) is 9.59 Å². The van der Waals surface area contributed by atoms with E-state index in [9.17, 15) is 29.4 Å². The van der Waals surface area contributed by atoms with Gasteiger partial charge in [0.2, 0.25) is 11.8 Å². The minimum atomic E-state index is -0.976. The molecule has 0 aromatic heterocycles. The minimum absolute atomic E-state index is 0.170. The summed E-state index contributed by atoms with van der Waals surface area (Å²) in [5.74, 6) is -2.35. The van der Waals surface area contributed by atoms with E-state index in [4.69, 9.17) is 4.74 Å². The van der Waals surface area contributed by atoms with E-state index in [-0.39, 0.29) is 24.7 Å². The predicted octanol–water partition coefficient (Wildman–Crippen LogP) is -0.134. The molecule has 10 nitrogen and oxygen atoms in total. The Morgan fingerprint density at radius 1 is 0.862 bits per heavy atom. The van der Waals surface area contributed by atoms with Crippen LogP contribution in [0.2, 0.25) is 0 Å². The van der Waals surface area contributed by atoms with E-state index in [0.29, 0.717) is 65.0 Å². The van der Waals surface area contributed by atoms with Gasteiger partial charge in [-0.2, -0.15) is 0 Å². The van der Waals surface area contributed by atoms with Crippen LogP contribution in [0.1, 0.15) is 38.5 Å². The molecule has 2 rings (SSSR count). The van der Waals surface area contributed by atoms with Crippen LogP contribution < -0.4 is 0 Å². The molecule has 164 valence electrons. The van der Waals surface area contributed by atoms with Crippen molar-refractivity contribution in [3.05, 3.63) is 0 Å². The first-order chi connectivity index (χ1) is 13.8. The number of hydrogen-bond acceptors (Lipinski definition) is 6. The second-order valence-corrected chi connectivity index (χ2v) is 7.50. The zero-order chi connectivity index (χ0) is 21.4. The fraction of sp³-hybridized carbons (Fsp3) is 0.789. The van der Waals surface area contributed by atoms with Gasteiger partial charge in [-0.1, -0.05) is 0 Å². The maximum absolute atomic E-state index is 12.5. The topological polar surface area (TPSA) is 128 Å². The Bertz CT molecular complexity index is 565. The summed E-state index contributed by atoms with van der Waals surface area (Å²) in [4.78, 5) is 52.2. The van der Waals surface area contributed by atoms with Crippen LogP contribution in [0.15, 0.2) is 0 Å². The highest BCUT2D eigenvalue weighted by atomic mass is 16.5. The van der Waals surface area contributed by atoms with Gasteiger partial charge in [-0.15, -0.1) is 0 Å². The summed E-state index contributed by atoms with van der Waals surface area (Å²) in [7, 11) is 1.57. The lowest BCUT2D eigenvalue weighted by Crippen LogP contribution is -2.43. The molecular formula is C19H31N3O7. The molecule has 0 saturated carbocycles. The highest BCUT2D eigenvalue weighted by Gasteiger charge is 2.35. The van der Waals surface area contributed by atoms with Crippen molar-refractivity contribution in [3.63, 3.8) is 0 Å². The standard InChI is InChI=1S/C19H31N3O7/c1-29-13-12-20(10-6-16(23)21-8-2-4-14(21)18(25)26)11-7-17(24)22-9-3-5-15(22)19(27)28/h14-15H,2-13H2,1H3,(H,25,26)(H,27,28)/t14-,15-/m1/s1. The number of carboxylic acid groups (broad SMARTS) is 2. The van der Waals surface area contributed by atoms with E-state index in [1.165, 1.54) is 9.80 Å². The SMILES string of the molecule is COCCN(CCC(=O)N1CCC[C@@H]1C(=O)O)CCC(=O)N1CCC[C@@H]1C(=O)O. The van der Waals surface area contributed by atoms with E-state index in [2.05, 4.69) is 0 Å². The van der Waals surface area contributed by atoms with Crippen molar-refractivity contribution < 1.29 is 34.1 Å². The number of aliphatic carboxylic acids is 2. The van der Waals surface area contributed by atoms with Gasteiger partial charge in [-0.05, 0) is 25.7 Å². The predicted molar refractivity (Wildman–Crippen MR) is 102 cm³/mol. The highest BCUT2D eigenvalue weighted by molar-refractivity contribution is 5.85. The van der Waals surface area contributed by atoms with Gasteiger partial charge in [-0.3, -0.25) is 9.59 Å². The molecule has 2 fully saturated rings. The van der Waals surface area contributed by atoms with Crippen molar-refractivity contribution >= 4 is 23.8 Å². The molecule has 0 aliphatic carbocycles. The van der Waals surface area contributed by atoms with Gasteiger partial charge in [0.15, 0.2) is 0 Å². The van der Waals surface area contributed by atoms with Crippen LogP contribution in [-0.4, -0.2) is 107 Å². The molecule has 0 radical (unpaired) electrons. The maximum atomic E-state index is 12.5. The average Bonchev–Trinajstić information content (AvgIpc) is 3.36. The number of nitrogens with zero attached hydrogens (tertiary/aromatic N) is 3. The first kappa shape index (κ1) is 23.1. The molecular weight excluding hydrogens is 382 g/mol. The Kier molecular flexibility index (Phi) is 8.84. The lowest BCUT2D eigenvalue weighted by Gasteiger charge is -2.26. The van der Waals surface area contributed by atoms with E-state index in [1.807, 2.05) is 4.90 Å². The number of amides is 2. The van der Waals surface area contributed by atoms with Gasteiger partial charge < -0.3 is 29.6 Å². The number of likely N-dealkylation sites (tertiary alicyclic amines) is 2. The number of hydrogen-bond donors (Lipinski definition) is 2. The summed E-state index contributed by atoms with van der Waals surface area (Å²) in [6, 6.07) is -1.50. The smallest absolute Gasteiger partial charge is 0.326 e. The quantitative estimate of drug-likeness (QED) is 0.479. The largest absolute Gasteiger partial charge is 0.480 e. The first-order valence-electron chi connectivity index (χ1n) is 10.1. The average molecular weight is 413 g/mol. The van der Waals surface area contributed by atoms with Crippen molar-refractivity contribution in [2.45, 2.75) is 50.6 Å². The van der Waals surface area contributed by atoms with E-state index >= 15 is 0 Å². The van der Waals surface area contributed by atoms with Crippen molar-refractivity contribution in [1.82, 2.24) is 14.7 Å². The molecule has 2 heterocycles. The Balaban J connectivity index is 1.85. The maximum Gasteiger partial charge on any atom is 0.326 e. The van der Waals surface area contributed by atoms with E-state index in [0.717, 1.165) is 0 Å². The van der Waals surface area contributed by atoms with Crippen molar-refractivity contribution in [2.24, 2.45) is 0 Å². The molecule has 2 aliphatic heterocycles. The van der Waals surface area contributed by atoms with E-state index < -0.39 is 24.0 Å². The van der Waals surface area contributed by atoms with Gasteiger partial charge in [0.25, 0.3) is 0 Å². The van der Waals surface area contributed by atoms with Gasteiger partial charge in [0.05, 0.1) is 6.61 Å². The summed E-state index contributed by atoms with van der Waals surface area (Å²) >= 11 is 0. The monoisotopic (exact) mass is 413 g/mol. The van der Waals surface area contributed by atoms with Gasteiger partial charge in [0.1, 0.15) is 12.1 Å². The number of methoxy groups -OCH3 is 1. The Morgan fingerprint density at radius 3 is 1.69 bits per heavy atom. The van der Waals surface area contributed by atoms with Crippen LogP contribution in [0.4, 0.5) is 0 Å². The zero-order valence-corrected chi connectivity index (χ0v) is 16.9. The van der Waals surface area contributed by atoms with Crippen LogP contribution in [-0.2, 0) is 23.9 Å². The van der Waals surface area contributed by atoms with Crippen LogP contribution in [0.25, 0.3) is 0 Å². The molecule has 2 amide bonds. The third-order valence-corrected chi connectivity index (χ3v) is 5.61. The van der Waals surface area contributed by atoms with Crippen molar-refractivity contribution in [2.75, 3.05) is 46.4 Å². The second-order valence-electron chi connectivity index (χ2n) is 7.50. The van der Waals surface area contributed by atoms with Crippen molar-refractivity contribution in [1.29, 1.82) is 0 Å². The summed E-state index contributed by atoms with van der Waals surface area (Å²) in [5.41, 5.74) is 0. The number of carbonyl (C=O) groups excluding carboxylic acids is 2. The molecule has 0 unspecified atom stereocenters. The molecule has 10 heteroatoms. The zero-order valence-electron chi connectivity index (χ0n) is 16.9. The van der Waals surface area contributed by atoms with Crippen LogP contribution in [0.3, 0.4) is 0 Å². The third-order valence-electron chi connectivity index (χ3n) is 5.61. The third kappa shape index (κ3) is 6.40. The molecule has 0 spiro atoms. The molecule has 2 N–H and O–H groups in total. The summed E-state index contributed by atoms with van der Waals surface area (Å²) in [6.07, 6.45) is 2.66. The minimum Gasteiger partial charge on any atom is -0.480 e. The first-order valence-corrected chi connectivity index (χ1v) is 10.1. The number of carboxylic acids is 2. The molecule has 0 bridgehead atoms. The lowest BCUT2D eigenvalue weighted by molar-refractivity contribution is -0.148. The summed E-state index contributed by atoms with van der Waals surface area (Å²) < 4.78 is 5.09. The Hall–Kier alpha value is -2.20. The summed E-state index contributed by atoms with van der Waals surface area (Å²) in [6.45, 7) is 2.66. The van der Waals surface area contributed by atoms with Crippen LogP contribution in [0.5, 0.6) is 0 Å². The lowest BCUT2D eigenvalue weighted by atomic mass is 10.2. The van der Waals surface area contributed by atoms with Crippen molar-refractivity contribution in [3.8, 4) is 0 Å². The highest BCUT2D eigenvalue weighted by Crippen LogP contribution is 2.20. The van der Waals surface area contributed by atoms with Crippen LogP contribution >= 0.6 is 0 Å². The van der Waals surface area contributed by atoms with Gasteiger partial charge >= 0.3 is 11.9 Å². The Morgan fingerprint density at radius 2 is 1.31 bits per heavy atom. The van der Waals surface area contributed by atoms with E-state index in [1.54, 1.807) is 7.11 Å². The second kappa shape index (κ2) is 11.1.